The summed E-state index contributed by atoms with van der Waals surface area (Å²) in [5.74, 6) is -0.247. The minimum atomic E-state index is -4.07. The molecule has 0 spiro atoms. The van der Waals surface area contributed by atoms with Crippen LogP contribution in [-0.4, -0.2) is 20.1 Å². The van der Waals surface area contributed by atoms with E-state index in [9.17, 15) is 13.5 Å². The summed E-state index contributed by atoms with van der Waals surface area (Å²) in [6, 6.07) is 22.9. The second kappa shape index (κ2) is 9.54. The van der Waals surface area contributed by atoms with Gasteiger partial charge in [0.2, 0.25) is 0 Å². The van der Waals surface area contributed by atoms with Crippen molar-refractivity contribution in [3.05, 3.63) is 108 Å². The Kier molecular flexibility index (Phi) is 6.86. The van der Waals surface area contributed by atoms with Crippen LogP contribution in [0.15, 0.2) is 90.3 Å². The maximum absolute atomic E-state index is 12.5. The number of phenols is 1. The van der Waals surface area contributed by atoms with Crippen LogP contribution in [0.3, 0.4) is 0 Å². The maximum Gasteiger partial charge on any atom is 0.300 e. The molecule has 0 bridgehead atoms. The highest BCUT2D eigenvalue weighted by molar-refractivity contribution is 7.86. The number of phenolic OH excluding ortho intramolecular Hbond substituents is 1. The average molecular weight is 409 g/mol. The normalized spacial score (nSPS) is 11.3. The number of aromatic hydroxyl groups is 1. The minimum Gasteiger partial charge on any atom is -0.506 e. The molecule has 0 saturated carbocycles. The Labute approximate surface area is 172 Å². The molecule has 0 aliphatic rings. The Hall–Kier alpha value is -2.89. The first-order valence-electron chi connectivity index (χ1n) is 9.43. The van der Waals surface area contributed by atoms with E-state index in [-0.39, 0.29) is 17.3 Å². The largest absolute Gasteiger partial charge is 0.506 e. The van der Waals surface area contributed by atoms with Gasteiger partial charge in [0, 0.05) is 12.0 Å². The van der Waals surface area contributed by atoms with E-state index in [2.05, 4.69) is 18.7 Å². The lowest BCUT2D eigenvalue weighted by molar-refractivity contribution is 0.352. The highest BCUT2D eigenvalue weighted by Gasteiger charge is 2.23. The Morgan fingerprint density at radius 2 is 1.48 bits per heavy atom. The lowest BCUT2D eigenvalue weighted by Gasteiger charge is -2.15. The predicted octanol–water partition coefficient (Wildman–Crippen LogP) is 4.66. The Balaban J connectivity index is 1.98. The highest BCUT2D eigenvalue weighted by atomic mass is 32.2. The average Bonchev–Trinajstić information content (AvgIpc) is 2.74. The summed E-state index contributed by atoms with van der Waals surface area (Å²) in [7, 11) is -4.07. The molecular formula is C24H24O4S. The van der Waals surface area contributed by atoms with Crippen LogP contribution >= 0.6 is 0 Å². The van der Waals surface area contributed by atoms with Gasteiger partial charge in [-0.15, -0.1) is 6.58 Å². The van der Waals surface area contributed by atoms with Crippen LogP contribution in [0.25, 0.3) is 0 Å². The SMILES string of the molecule is C=CCOS(=O)(=O)c1ccc(CCc2ccccc2)c(Cc2ccccc2)c1O. The fourth-order valence-electron chi connectivity index (χ4n) is 3.21. The maximum atomic E-state index is 12.5. The van der Waals surface area contributed by atoms with Crippen LogP contribution in [0.5, 0.6) is 5.75 Å². The number of hydrogen-bond acceptors (Lipinski definition) is 4. The zero-order chi connectivity index (χ0) is 20.7. The second-order valence-corrected chi connectivity index (χ2v) is 8.31. The predicted molar refractivity (Wildman–Crippen MR) is 115 cm³/mol. The molecule has 4 nitrogen and oxygen atoms in total. The third kappa shape index (κ3) is 5.34. The van der Waals surface area contributed by atoms with Gasteiger partial charge in [-0.1, -0.05) is 72.8 Å². The Bertz CT molecular complexity index is 1060. The fraction of sp³-hybridized carbons (Fsp3) is 0.167. The Morgan fingerprint density at radius 3 is 2.10 bits per heavy atom. The quantitative estimate of drug-likeness (QED) is 0.413. The molecule has 0 aromatic heterocycles. The van der Waals surface area contributed by atoms with Crippen LogP contribution < -0.4 is 0 Å². The van der Waals surface area contributed by atoms with Gasteiger partial charge in [0.1, 0.15) is 10.6 Å². The molecule has 0 aliphatic carbocycles. The number of hydrogen-bond donors (Lipinski definition) is 1. The van der Waals surface area contributed by atoms with E-state index in [1.54, 1.807) is 6.07 Å². The zero-order valence-electron chi connectivity index (χ0n) is 16.1. The molecule has 0 amide bonds. The summed E-state index contributed by atoms with van der Waals surface area (Å²) in [5, 5.41) is 10.9. The molecular weight excluding hydrogens is 384 g/mol. The van der Waals surface area contributed by atoms with Crippen molar-refractivity contribution in [1.29, 1.82) is 0 Å². The molecule has 0 radical (unpaired) electrons. The lowest BCUT2D eigenvalue weighted by Crippen LogP contribution is -2.09. The van der Waals surface area contributed by atoms with Crippen molar-refractivity contribution in [1.82, 2.24) is 0 Å². The molecule has 0 aliphatic heterocycles. The van der Waals surface area contributed by atoms with Gasteiger partial charge >= 0.3 is 10.1 Å². The van der Waals surface area contributed by atoms with Crippen molar-refractivity contribution >= 4 is 10.1 Å². The van der Waals surface area contributed by atoms with Crippen molar-refractivity contribution in [3.63, 3.8) is 0 Å². The van der Waals surface area contributed by atoms with E-state index in [0.29, 0.717) is 18.4 Å². The van der Waals surface area contributed by atoms with Crippen molar-refractivity contribution < 1.29 is 17.7 Å². The molecule has 150 valence electrons. The van der Waals surface area contributed by atoms with Crippen LogP contribution in [0.4, 0.5) is 0 Å². The van der Waals surface area contributed by atoms with E-state index in [0.717, 1.165) is 17.5 Å². The van der Waals surface area contributed by atoms with Crippen LogP contribution in [-0.2, 0) is 33.6 Å². The van der Waals surface area contributed by atoms with Gasteiger partial charge in [-0.2, -0.15) is 8.42 Å². The summed E-state index contributed by atoms with van der Waals surface area (Å²) in [6.07, 6.45) is 3.27. The molecule has 3 aromatic rings. The van der Waals surface area contributed by atoms with E-state index >= 15 is 0 Å². The van der Waals surface area contributed by atoms with Gasteiger partial charge in [-0.25, -0.2) is 0 Å². The smallest absolute Gasteiger partial charge is 0.300 e. The van der Waals surface area contributed by atoms with Crippen LogP contribution in [0.2, 0.25) is 0 Å². The second-order valence-electron chi connectivity index (χ2n) is 6.73. The molecule has 0 atom stereocenters. The van der Waals surface area contributed by atoms with Crippen molar-refractivity contribution in [3.8, 4) is 5.75 Å². The molecule has 3 aromatic carbocycles. The summed E-state index contributed by atoms with van der Waals surface area (Å²) in [6.45, 7) is 3.32. The summed E-state index contributed by atoms with van der Waals surface area (Å²) in [5.41, 5.74) is 3.70. The number of aryl methyl sites for hydroxylation is 2. The zero-order valence-corrected chi connectivity index (χ0v) is 16.9. The Morgan fingerprint density at radius 1 is 0.862 bits per heavy atom. The molecule has 5 heteroatoms. The van der Waals surface area contributed by atoms with Gasteiger partial charge in [0.05, 0.1) is 6.61 Å². The molecule has 0 unspecified atom stereocenters. The standard InChI is InChI=1S/C24H24O4S/c1-2-17-28-29(26,27)23-16-15-21(14-13-19-9-5-3-6-10-19)22(24(23)25)18-20-11-7-4-8-12-20/h2-12,15-16,25H,1,13-14,17-18H2. The molecule has 3 rings (SSSR count). The van der Waals surface area contributed by atoms with Gasteiger partial charge in [0.25, 0.3) is 0 Å². The van der Waals surface area contributed by atoms with Gasteiger partial charge in [-0.05, 0) is 35.6 Å². The van der Waals surface area contributed by atoms with Crippen molar-refractivity contribution in [2.24, 2.45) is 0 Å². The fourth-order valence-corrected chi connectivity index (χ4v) is 4.21. The lowest BCUT2D eigenvalue weighted by atomic mass is 9.94. The minimum absolute atomic E-state index is 0.147. The molecule has 0 fully saturated rings. The first-order chi connectivity index (χ1) is 14.0. The molecule has 1 N–H and O–H groups in total. The number of benzene rings is 3. The van der Waals surface area contributed by atoms with Crippen LogP contribution in [0, 0.1) is 0 Å². The van der Waals surface area contributed by atoms with Crippen molar-refractivity contribution in [2.45, 2.75) is 24.2 Å². The van der Waals surface area contributed by atoms with Gasteiger partial charge in [-0.3, -0.25) is 4.18 Å². The van der Waals surface area contributed by atoms with E-state index in [1.807, 2.05) is 48.5 Å². The topological polar surface area (TPSA) is 63.6 Å². The summed E-state index contributed by atoms with van der Waals surface area (Å²) < 4.78 is 29.9. The monoisotopic (exact) mass is 408 g/mol. The van der Waals surface area contributed by atoms with E-state index in [4.69, 9.17) is 4.18 Å². The molecule has 0 heterocycles. The molecule has 29 heavy (non-hydrogen) atoms. The first kappa shape index (κ1) is 20.8. The van der Waals surface area contributed by atoms with Gasteiger partial charge < -0.3 is 5.11 Å². The summed E-state index contributed by atoms with van der Waals surface area (Å²) in [4.78, 5) is -0.214. The first-order valence-corrected chi connectivity index (χ1v) is 10.8. The van der Waals surface area contributed by atoms with E-state index in [1.165, 1.54) is 17.7 Å². The third-order valence-corrected chi connectivity index (χ3v) is 6.02. The molecule has 0 saturated heterocycles. The highest BCUT2D eigenvalue weighted by Crippen LogP contribution is 2.33. The third-order valence-electron chi connectivity index (χ3n) is 4.70. The van der Waals surface area contributed by atoms with Crippen molar-refractivity contribution in [2.75, 3.05) is 6.61 Å². The van der Waals surface area contributed by atoms with Gasteiger partial charge in [0.15, 0.2) is 0 Å². The van der Waals surface area contributed by atoms with E-state index < -0.39 is 10.1 Å². The number of rotatable bonds is 9. The van der Waals surface area contributed by atoms with Crippen LogP contribution in [0.1, 0.15) is 22.3 Å². The summed E-state index contributed by atoms with van der Waals surface area (Å²) >= 11 is 0.